The number of nitrogens with one attached hydrogen (secondary N) is 2. The minimum Gasteiger partial charge on any atom is -0.375 e. The Labute approximate surface area is 190 Å². The molecule has 1 aromatic carbocycles. The average molecular weight is 466 g/mol. The smallest absolute Gasteiger partial charge is 0.243 e. The third kappa shape index (κ3) is 6.46. The number of nitrogens with zero attached hydrogens (tertiary/aromatic N) is 2. The topological polar surface area (TPSA) is 100 Å². The standard InChI is InChI=1S/C22H29F2N5O2S/c1-13-4-3-5-14(2)29(13)12-20(30)28-19(9-15-6-7-17(23)18(24)8-15)21(31)26-10-16-11-27-22(25)32-16/h6-8,11,13-14,19H,3-5,9-10,12H2,1-2H3,(H2,25,27)(H,26,31)(H,28,30)/t13-,14?,19?/m0/s1. The highest BCUT2D eigenvalue weighted by atomic mass is 32.1. The molecule has 3 rings (SSSR count). The van der Waals surface area contributed by atoms with Crippen molar-refractivity contribution in [2.45, 2.75) is 64.2 Å². The molecule has 2 heterocycles. The number of nitrogens with two attached hydrogens (primary N) is 1. The Kier molecular flexibility index (Phi) is 8.14. The molecule has 174 valence electrons. The number of amides is 2. The summed E-state index contributed by atoms with van der Waals surface area (Å²) in [7, 11) is 0. The van der Waals surface area contributed by atoms with Crippen LogP contribution in [0.1, 0.15) is 43.6 Å². The van der Waals surface area contributed by atoms with Gasteiger partial charge >= 0.3 is 0 Å². The van der Waals surface area contributed by atoms with E-state index in [1.807, 2.05) is 0 Å². The highest BCUT2D eigenvalue weighted by molar-refractivity contribution is 7.15. The quantitative estimate of drug-likeness (QED) is 0.557. The Balaban J connectivity index is 1.68. The Bertz CT molecular complexity index is 944. The molecule has 0 bridgehead atoms. The van der Waals surface area contributed by atoms with Crippen LogP contribution in [0.15, 0.2) is 24.4 Å². The van der Waals surface area contributed by atoms with Crippen LogP contribution < -0.4 is 16.4 Å². The Morgan fingerprint density at radius 1 is 1.25 bits per heavy atom. The highest BCUT2D eigenvalue weighted by Crippen LogP contribution is 2.22. The fraction of sp³-hybridized carbons (Fsp3) is 0.500. The molecule has 0 radical (unpaired) electrons. The fourth-order valence-corrected chi connectivity index (χ4v) is 4.63. The number of rotatable bonds is 8. The van der Waals surface area contributed by atoms with Gasteiger partial charge in [0.15, 0.2) is 16.8 Å². The Morgan fingerprint density at radius 2 is 1.97 bits per heavy atom. The van der Waals surface area contributed by atoms with E-state index in [9.17, 15) is 18.4 Å². The average Bonchev–Trinajstić information content (AvgIpc) is 3.16. The van der Waals surface area contributed by atoms with Gasteiger partial charge in [-0.3, -0.25) is 14.5 Å². The minimum absolute atomic E-state index is 0.0325. The van der Waals surface area contributed by atoms with Crippen molar-refractivity contribution in [3.05, 3.63) is 46.5 Å². The van der Waals surface area contributed by atoms with Crippen LogP contribution in [0, 0.1) is 11.6 Å². The second-order valence-corrected chi connectivity index (χ2v) is 9.40. The van der Waals surface area contributed by atoms with Crippen LogP contribution in [0.5, 0.6) is 0 Å². The zero-order valence-corrected chi connectivity index (χ0v) is 19.1. The fourth-order valence-electron chi connectivity index (χ4n) is 4.01. The summed E-state index contributed by atoms with van der Waals surface area (Å²) in [5, 5.41) is 5.94. The van der Waals surface area contributed by atoms with Crippen LogP contribution in [0.4, 0.5) is 13.9 Å². The van der Waals surface area contributed by atoms with E-state index >= 15 is 0 Å². The van der Waals surface area contributed by atoms with Crippen molar-refractivity contribution in [1.82, 2.24) is 20.5 Å². The predicted molar refractivity (Wildman–Crippen MR) is 120 cm³/mol. The molecule has 1 aromatic heterocycles. The number of nitrogen functional groups attached to an aromatic ring is 1. The second-order valence-electron chi connectivity index (χ2n) is 8.26. The molecular weight excluding hydrogens is 436 g/mol. The normalized spacial score (nSPS) is 20.0. The van der Waals surface area contributed by atoms with Gasteiger partial charge in [0, 0.05) is 29.6 Å². The van der Waals surface area contributed by atoms with Crippen molar-refractivity contribution in [3.8, 4) is 0 Å². The Morgan fingerprint density at radius 3 is 2.59 bits per heavy atom. The maximum atomic E-state index is 13.7. The molecule has 2 amide bonds. The van der Waals surface area contributed by atoms with E-state index in [1.165, 1.54) is 17.4 Å². The van der Waals surface area contributed by atoms with E-state index in [2.05, 4.69) is 34.4 Å². The summed E-state index contributed by atoms with van der Waals surface area (Å²) in [5.41, 5.74) is 6.03. The molecule has 1 aliphatic heterocycles. The molecule has 1 saturated heterocycles. The van der Waals surface area contributed by atoms with E-state index in [4.69, 9.17) is 5.73 Å². The number of piperidine rings is 1. The van der Waals surface area contributed by atoms with Crippen LogP contribution >= 0.6 is 11.3 Å². The first-order chi connectivity index (χ1) is 15.2. The number of aromatic nitrogens is 1. The second kappa shape index (κ2) is 10.8. The van der Waals surface area contributed by atoms with Crippen LogP contribution in [-0.4, -0.2) is 46.4 Å². The maximum Gasteiger partial charge on any atom is 0.243 e. The number of thiazole rings is 1. The molecule has 0 aliphatic carbocycles. The number of hydrogen-bond acceptors (Lipinski definition) is 6. The highest BCUT2D eigenvalue weighted by Gasteiger charge is 2.28. The van der Waals surface area contributed by atoms with Crippen LogP contribution in [0.2, 0.25) is 0 Å². The van der Waals surface area contributed by atoms with Gasteiger partial charge in [-0.1, -0.05) is 12.5 Å². The van der Waals surface area contributed by atoms with Crippen molar-refractivity contribution >= 4 is 28.3 Å². The lowest BCUT2D eigenvalue weighted by Gasteiger charge is -2.38. The molecule has 32 heavy (non-hydrogen) atoms. The number of halogens is 2. The molecule has 0 saturated carbocycles. The van der Waals surface area contributed by atoms with E-state index in [0.29, 0.717) is 10.7 Å². The summed E-state index contributed by atoms with van der Waals surface area (Å²) < 4.78 is 27.0. The molecule has 1 fully saturated rings. The van der Waals surface area contributed by atoms with Gasteiger partial charge in [-0.2, -0.15) is 0 Å². The van der Waals surface area contributed by atoms with E-state index < -0.39 is 23.6 Å². The number of carbonyl (C=O) groups excluding carboxylic acids is 2. The third-order valence-corrected chi connectivity index (χ3v) is 6.61. The van der Waals surface area contributed by atoms with Gasteiger partial charge < -0.3 is 16.4 Å². The summed E-state index contributed by atoms with van der Waals surface area (Å²) in [6, 6.07) is 3.08. The number of anilines is 1. The first-order valence-corrected chi connectivity index (χ1v) is 11.5. The van der Waals surface area contributed by atoms with Gasteiger partial charge in [0.25, 0.3) is 0 Å². The van der Waals surface area contributed by atoms with Crippen molar-refractivity contribution < 1.29 is 18.4 Å². The van der Waals surface area contributed by atoms with E-state index in [1.54, 1.807) is 6.20 Å². The van der Waals surface area contributed by atoms with E-state index in [0.717, 1.165) is 36.3 Å². The van der Waals surface area contributed by atoms with Gasteiger partial charge in [-0.15, -0.1) is 11.3 Å². The van der Waals surface area contributed by atoms with Gasteiger partial charge in [0.05, 0.1) is 13.1 Å². The zero-order chi connectivity index (χ0) is 23.3. The zero-order valence-electron chi connectivity index (χ0n) is 18.2. The number of likely N-dealkylation sites (tertiary alicyclic amines) is 1. The summed E-state index contributed by atoms with van der Waals surface area (Å²) in [6.07, 6.45) is 4.78. The molecular formula is C22H29F2N5O2S. The minimum atomic E-state index is -0.996. The Hall–Kier alpha value is -2.59. The summed E-state index contributed by atoms with van der Waals surface area (Å²) in [4.78, 5) is 32.5. The van der Waals surface area contributed by atoms with Gasteiger partial charge in [0.1, 0.15) is 6.04 Å². The van der Waals surface area contributed by atoms with Gasteiger partial charge in [-0.05, 0) is 44.4 Å². The van der Waals surface area contributed by atoms with Crippen molar-refractivity contribution in [2.24, 2.45) is 0 Å². The number of benzene rings is 1. The molecule has 0 spiro atoms. The number of carbonyl (C=O) groups is 2. The largest absolute Gasteiger partial charge is 0.375 e. The van der Waals surface area contributed by atoms with Gasteiger partial charge in [-0.25, -0.2) is 13.8 Å². The van der Waals surface area contributed by atoms with Crippen LogP contribution in [0.3, 0.4) is 0 Å². The maximum absolute atomic E-state index is 13.7. The lowest BCUT2D eigenvalue weighted by Crippen LogP contribution is -2.53. The van der Waals surface area contributed by atoms with Crippen molar-refractivity contribution in [1.29, 1.82) is 0 Å². The monoisotopic (exact) mass is 465 g/mol. The third-order valence-electron chi connectivity index (χ3n) is 5.79. The first-order valence-electron chi connectivity index (χ1n) is 10.7. The van der Waals surface area contributed by atoms with Crippen molar-refractivity contribution in [2.75, 3.05) is 12.3 Å². The molecule has 1 aliphatic rings. The lowest BCUT2D eigenvalue weighted by atomic mass is 9.97. The summed E-state index contributed by atoms with van der Waals surface area (Å²) >= 11 is 1.25. The first kappa shape index (κ1) is 24.1. The molecule has 2 unspecified atom stereocenters. The van der Waals surface area contributed by atoms with E-state index in [-0.39, 0.29) is 37.5 Å². The molecule has 3 atom stereocenters. The van der Waals surface area contributed by atoms with Crippen LogP contribution in [-0.2, 0) is 22.6 Å². The summed E-state index contributed by atoms with van der Waals surface area (Å²) in [6.45, 7) is 4.57. The molecule has 10 heteroatoms. The lowest BCUT2D eigenvalue weighted by molar-refractivity contribution is -0.130. The molecule has 4 N–H and O–H groups in total. The summed E-state index contributed by atoms with van der Waals surface area (Å²) in [5.74, 6) is -2.66. The van der Waals surface area contributed by atoms with Crippen molar-refractivity contribution in [3.63, 3.8) is 0 Å². The van der Waals surface area contributed by atoms with Crippen LogP contribution in [0.25, 0.3) is 0 Å². The molecule has 2 aromatic rings. The SMILES string of the molecule is CC1CCC[C@H](C)N1CC(=O)NC(Cc1ccc(F)c(F)c1)C(=O)NCc1cnc(N)s1. The van der Waals surface area contributed by atoms with Gasteiger partial charge in [0.2, 0.25) is 11.8 Å². The number of hydrogen-bond donors (Lipinski definition) is 3. The molecule has 7 nitrogen and oxygen atoms in total. The predicted octanol–water partition coefficient (Wildman–Crippen LogP) is 2.61.